The number of aromatic nitrogens is 1. The van der Waals surface area contributed by atoms with E-state index in [1.807, 2.05) is 0 Å². The predicted octanol–water partition coefficient (Wildman–Crippen LogP) is 3.00. The summed E-state index contributed by atoms with van der Waals surface area (Å²) in [5, 5.41) is 22.1. The van der Waals surface area contributed by atoms with E-state index in [1.165, 1.54) is 17.0 Å². The molecule has 2 aromatic carbocycles. The molecule has 0 bridgehead atoms. The van der Waals surface area contributed by atoms with Crippen molar-refractivity contribution in [3.05, 3.63) is 72.5 Å². The molecular weight excluding hydrogens is 531 g/mol. The molecule has 1 aliphatic rings. The number of para-hydroxylation sites is 1. The van der Waals surface area contributed by atoms with Crippen molar-refractivity contribution in [3.63, 3.8) is 0 Å². The number of sulfonamides is 1. The average molecular weight is 545 g/mol. The number of halogens is 3. The first-order valence-corrected chi connectivity index (χ1v) is 12.3. The van der Waals surface area contributed by atoms with E-state index in [1.54, 1.807) is 0 Å². The van der Waals surface area contributed by atoms with Crippen LogP contribution in [0.1, 0.15) is 5.56 Å². The Morgan fingerprint density at radius 1 is 0.972 bits per heavy atom. The Bertz CT molecular complexity index is 1550. The Labute approximate surface area is 203 Å². The second-order valence-electron chi connectivity index (χ2n) is 7.54. The van der Waals surface area contributed by atoms with Crippen LogP contribution in [-0.2, 0) is 16.2 Å². The molecule has 190 valence electrons. The van der Waals surface area contributed by atoms with E-state index in [2.05, 4.69) is 4.98 Å². The maximum absolute atomic E-state index is 13.1. The van der Waals surface area contributed by atoms with Crippen LogP contribution in [0.25, 0.3) is 10.1 Å². The van der Waals surface area contributed by atoms with Gasteiger partial charge in [0.15, 0.2) is 10.0 Å². The minimum atomic E-state index is -4.91. The Kier molecular flexibility index (Phi) is 6.40. The molecule has 0 atom stereocenters. The number of non-ortho nitro benzene ring substituents is 1. The van der Waals surface area contributed by atoms with E-state index in [9.17, 15) is 46.6 Å². The standard InChI is InChI=1S/C19H14F3N5O7S2/c20-19(21,22)11-9-12-16(14(10-11)27(31)32)35-18(23-17(12)28)24-5-7-25(8-6-24)36(33,34)15-4-2-1-3-13(15)26(29)30/h1-4,9-10H,5-8H2. The normalized spacial score (nSPS) is 15.2. The highest BCUT2D eigenvalue weighted by molar-refractivity contribution is 7.89. The highest BCUT2D eigenvalue weighted by atomic mass is 32.2. The smallest absolute Gasteiger partial charge is 0.345 e. The van der Waals surface area contributed by atoms with E-state index in [0.29, 0.717) is 23.5 Å². The van der Waals surface area contributed by atoms with Gasteiger partial charge in [0.05, 0.1) is 20.8 Å². The second kappa shape index (κ2) is 9.07. The van der Waals surface area contributed by atoms with Crippen LogP contribution in [0.3, 0.4) is 0 Å². The fraction of sp³-hybridized carbons (Fsp3) is 0.263. The summed E-state index contributed by atoms with van der Waals surface area (Å²) < 4.78 is 66.1. The zero-order chi connectivity index (χ0) is 26.4. The largest absolute Gasteiger partial charge is 0.416 e. The van der Waals surface area contributed by atoms with Crippen molar-refractivity contribution in [2.24, 2.45) is 0 Å². The highest BCUT2D eigenvalue weighted by Crippen LogP contribution is 2.38. The molecule has 0 amide bonds. The summed E-state index contributed by atoms with van der Waals surface area (Å²) in [6.07, 6.45) is -4.91. The second-order valence-corrected chi connectivity index (χ2v) is 10.4. The monoisotopic (exact) mass is 545 g/mol. The quantitative estimate of drug-likeness (QED) is 0.347. The summed E-state index contributed by atoms with van der Waals surface area (Å²) in [5.74, 6) is 0. The molecule has 1 aliphatic heterocycles. The van der Waals surface area contributed by atoms with Gasteiger partial charge in [0.25, 0.3) is 16.9 Å². The van der Waals surface area contributed by atoms with Gasteiger partial charge in [-0.2, -0.15) is 22.5 Å². The number of nitro groups is 2. The Morgan fingerprint density at radius 2 is 1.58 bits per heavy atom. The van der Waals surface area contributed by atoms with Crippen molar-refractivity contribution in [3.8, 4) is 0 Å². The Hall–Kier alpha value is -3.70. The van der Waals surface area contributed by atoms with E-state index in [4.69, 9.17) is 0 Å². The van der Waals surface area contributed by atoms with Gasteiger partial charge in [0.1, 0.15) is 4.70 Å². The summed E-state index contributed by atoms with van der Waals surface area (Å²) in [4.78, 5) is 38.1. The fourth-order valence-electron chi connectivity index (χ4n) is 3.66. The van der Waals surface area contributed by atoms with Crippen molar-refractivity contribution < 1.29 is 31.4 Å². The Balaban J connectivity index is 1.65. The van der Waals surface area contributed by atoms with Gasteiger partial charge in [-0.1, -0.05) is 23.5 Å². The Morgan fingerprint density at radius 3 is 2.17 bits per heavy atom. The van der Waals surface area contributed by atoms with Crippen molar-refractivity contribution in [1.29, 1.82) is 0 Å². The molecule has 0 aliphatic carbocycles. The molecule has 1 fully saturated rings. The SMILES string of the molecule is O=c1nc(N2CCN(S(=O)(=O)c3ccccc3[N+](=O)[O-])CC2)sc2c([N+](=O)[O-])cc(C(F)(F)F)cc12. The van der Waals surface area contributed by atoms with Gasteiger partial charge in [-0.15, -0.1) is 0 Å². The molecule has 1 aromatic heterocycles. The first-order chi connectivity index (χ1) is 16.8. The van der Waals surface area contributed by atoms with Crippen LogP contribution in [0.4, 0.5) is 29.7 Å². The molecular formula is C19H14F3N5O7S2. The molecule has 0 N–H and O–H groups in total. The van der Waals surface area contributed by atoms with Gasteiger partial charge in [0, 0.05) is 38.3 Å². The van der Waals surface area contributed by atoms with Crippen LogP contribution in [0.2, 0.25) is 0 Å². The third-order valence-electron chi connectivity index (χ3n) is 5.40. The number of alkyl halides is 3. The molecule has 2 heterocycles. The number of benzene rings is 2. The van der Waals surface area contributed by atoms with Crippen LogP contribution in [0, 0.1) is 20.2 Å². The van der Waals surface area contributed by atoms with Crippen LogP contribution in [0.15, 0.2) is 46.1 Å². The maximum Gasteiger partial charge on any atom is 0.416 e. The third kappa shape index (κ3) is 4.59. The van der Waals surface area contributed by atoms with Gasteiger partial charge in [-0.3, -0.25) is 25.0 Å². The number of anilines is 1. The summed E-state index contributed by atoms with van der Waals surface area (Å²) in [5.41, 5.74) is -3.93. The number of nitro benzene ring substituents is 2. The van der Waals surface area contributed by atoms with Gasteiger partial charge >= 0.3 is 6.18 Å². The zero-order valence-corrected chi connectivity index (χ0v) is 19.5. The highest BCUT2D eigenvalue weighted by Gasteiger charge is 2.36. The number of piperazine rings is 1. The molecule has 4 rings (SSSR count). The molecule has 0 saturated carbocycles. The number of nitrogens with zero attached hydrogens (tertiary/aromatic N) is 5. The van der Waals surface area contributed by atoms with Crippen LogP contribution in [-0.4, -0.2) is 53.7 Å². The molecule has 0 spiro atoms. The lowest BCUT2D eigenvalue weighted by Gasteiger charge is -2.34. The van der Waals surface area contributed by atoms with Crippen molar-refractivity contribution >= 4 is 48.0 Å². The lowest BCUT2D eigenvalue weighted by Crippen LogP contribution is -2.49. The summed E-state index contributed by atoms with van der Waals surface area (Å²) >= 11 is 0.642. The van der Waals surface area contributed by atoms with Crippen LogP contribution in [0.5, 0.6) is 0 Å². The molecule has 1 saturated heterocycles. The average Bonchev–Trinajstić information content (AvgIpc) is 2.82. The van der Waals surface area contributed by atoms with Crippen LogP contribution >= 0.6 is 11.3 Å². The molecule has 0 unspecified atom stereocenters. The maximum atomic E-state index is 13.1. The minimum Gasteiger partial charge on any atom is -0.345 e. The van der Waals surface area contributed by atoms with Crippen LogP contribution < -0.4 is 10.5 Å². The van der Waals surface area contributed by atoms with E-state index in [0.717, 1.165) is 16.4 Å². The third-order valence-corrected chi connectivity index (χ3v) is 8.51. The zero-order valence-electron chi connectivity index (χ0n) is 17.8. The molecule has 0 radical (unpaired) electrons. The number of rotatable bonds is 5. The van der Waals surface area contributed by atoms with Gasteiger partial charge in [0.2, 0.25) is 10.0 Å². The van der Waals surface area contributed by atoms with Crippen molar-refractivity contribution in [2.45, 2.75) is 11.1 Å². The number of hydrogen-bond donors (Lipinski definition) is 0. The summed E-state index contributed by atoms with van der Waals surface area (Å²) in [6, 6.07) is 5.72. The molecule has 3 aromatic rings. The molecule has 12 nitrogen and oxygen atoms in total. The van der Waals surface area contributed by atoms with Gasteiger partial charge in [-0.05, 0) is 12.1 Å². The lowest BCUT2D eigenvalue weighted by atomic mass is 10.1. The first-order valence-electron chi connectivity index (χ1n) is 9.99. The van der Waals surface area contributed by atoms with E-state index in [-0.39, 0.29) is 36.0 Å². The van der Waals surface area contributed by atoms with E-state index < -0.39 is 58.8 Å². The predicted molar refractivity (Wildman–Crippen MR) is 122 cm³/mol. The summed E-state index contributed by atoms with van der Waals surface area (Å²) in [6.45, 7) is -0.348. The van der Waals surface area contributed by atoms with Crippen molar-refractivity contribution in [2.75, 3.05) is 31.1 Å². The van der Waals surface area contributed by atoms with Gasteiger partial charge in [-0.25, -0.2) is 8.42 Å². The fourth-order valence-corrected chi connectivity index (χ4v) is 6.36. The summed E-state index contributed by atoms with van der Waals surface area (Å²) in [7, 11) is -4.23. The molecule has 36 heavy (non-hydrogen) atoms. The first kappa shape index (κ1) is 25.4. The topological polar surface area (TPSA) is 157 Å². The van der Waals surface area contributed by atoms with Gasteiger partial charge < -0.3 is 4.90 Å². The minimum absolute atomic E-state index is 0.0251. The molecule has 17 heteroatoms. The van der Waals surface area contributed by atoms with E-state index >= 15 is 0 Å². The van der Waals surface area contributed by atoms with Crippen molar-refractivity contribution in [1.82, 2.24) is 9.29 Å². The lowest BCUT2D eigenvalue weighted by molar-refractivity contribution is -0.387. The number of fused-ring (bicyclic) bond motifs is 1. The number of hydrogen-bond acceptors (Lipinski definition) is 10.